The van der Waals surface area contributed by atoms with Crippen molar-refractivity contribution >= 4 is 10.8 Å². The highest BCUT2D eigenvalue weighted by molar-refractivity contribution is 5.97. The molecule has 244 valence electrons. The lowest BCUT2D eigenvalue weighted by Gasteiger charge is -2.17. The van der Waals surface area contributed by atoms with Crippen LogP contribution >= 0.6 is 0 Å². The number of nitrogens with zero attached hydrogens (tertiary/aromatic N) is 3. The first-order valence-corrected chi connectivity index (χ1v) is 17.5. The van der Waals surface area contributed by atoms with Gasteiger partial charge in [0, 0.05) is 22.3 Å². The van der Waals surface area contributed by atoms with Crippen LogP contribution in [0.25, 0.3) is 89.4 Å². The van der Waals surface area contributed by atoms with Crippen LogP contribution in [0.2, 0.25) is 0 Å². The summed E-state index contributed by atoms with van der Waals surface area (Å²) in [5.41, 5.74) is 11.9. The van der Waals surface area contributed by atoms with E-state index in [4.69, 9.17) is 15.0 Å². The summed E-state index contributed by atoms with van der Waals surface area (Å²) in [4.78, 5) is 15.4. The lowest BCUT2D eigenvalue weighted by molar-refractivity contribution is 1.07. The van der Waals surface area contributed by atoms with E-state index in [1.54, 1.807) is 0 Å². The van der Waals surface area contributed by atoms with E-state index in [2.05, 4.69) is 176 Å². The fraction of sp³-hybridized carbons (Fsp3) is 0. The third-order valence-corrected chi connectivity index (χ3v) is 9.56. The summed E-state index contributed by atoms with van der Waals surface area (Å²) in [7, 11) is 0. The summed E-state index contributed by atoms with van der Waals surface area (Å²) in [6, 6.07) is 70.0. The Labute approximate surface area is 303 Å². The van der Waals surface area contributed by atoms with Crippen LogP contribution in [0.1, 0.15) is 0 Å². The van der Waals surface area contributed by atoms with Crippen LogP contribution in [0.3, 0.4) is 0 Å². The van der Waals surface area contributed by atoms with Gasteiger partial charge in [0.25, 0.3) is 0 Å². The molecule has 0 unspecified atom stereocenters. The van der Waals surface area contributed by atoms with Crippen molar-refractivity contribution in [2.75, 3.05) is 0 Å². The maximum atomic E-state index is 5.22. The molecule has 1 heterocycles. The maximum Gasteiger partial charge on any atom is 0.164 e. The Morgan fingerprint density at radius 3 is 1.23 bits per heavy atom. The van der Waals surface area contributed by atoms with E-state index in [0.29, 0.717) is 17.5 Å². The summed E-state index contributed by atoms with van der Waals surface area (Å²) in [6.45, 7) is 0. The van der Waals surface area contributed by atoms with Crippen molar-refractivity contribution in [3.8, 4) is 78.7 Å². The number of benzene rings is 8. The van der Waals surface area contributed by atoms with E-state index in [1.165, 1.54) is 27.5 Å². The van der Waals surface area contributed by atoms with Gasteiger partial charge in [0.05, 0.1) is 0 Å². The summed E-state index contributed by atoms with van der Waals surface area (Å²) in [5, 5.41) is 2.38. The minimum Gasteiger partial charge on any atom is -0.208 e. The van der Waals surface area contributed by atoms with E-state index in [-0.39, 0.29) is 0 Å². The fourth-order valence-electron chi connectivity index (χ4n) is 6.89. The van der Waals surface area contributed by atoms with Crippen molar-refractivity contribution in [1.82, 2.24) is 15.0 Å². The highest BCUT2D eigenvalue weighted by Crippen LogP contribution is 2.41. The zero-order valence-corrected chi connectivity index (χ0v) is 28.4. The van der Waals surface area contributed by atoms with Gasteiger partial charge in [-0.3, -0.25) is 0 Å². The lowest BCUT2D eigenvalue weighted by atomic mass is 9.88. The third-order valence-electron chi connectivity index (χ3n) is 9.56. The normalized spacial score (nSPS) is 11.1. The molecular weight excluding hydrogens is 631 g/mol. The predicted molar refractivity (Wildman–Crippen MR) is 215 cm³/mol. The molecular formula is C49H33N3. The Morgan fingerprint density at radius 1 is 0.231 bits per heavy atom. The van der Waals surface area contributed by atoms with Gasteiger partial charge in [0.1, 0.15) is 0 Å². The molecule has 52 heavy (non-hydrogen) atoms. The van der Waals surface area contributed by atoms with E-state index < -0.39 is 0 Å². The van der Waals surface area contributed by atoms with Crippen LogP contribution in [-0.2, 0) is 0 Å². The summed E-state index contributed by atoms with van der Waals surface area (Å²) >= 11 is 0. The molecule has 1 aromatic heterocycles. The molecule has 0 N–H and O–H groups in total. The van der Waals surface area contributed by atoms with Crippen molar-refractivity contribution < 1.29 is 0 Å². The Balaban J connectivity index is 1.24. The molecule has 9 aromatic rings. The molecule has 0 bridgehead atoms. The van der Waals surface area contributed by atoms with Crippen molar-refractivity contribution in [3.05, 3.63) is 200 Å². The zero-order chi connectivity index (χ0) is 34.7. The van der Waals surface area contributed by atoms with Gasteiger partial charge in [0.2, 0.25) is 0 Å². The Morgan fingerprint density at radius 2 is 0.635 bits per heavy atom. The average Bonchev–Trinajstić information content (AvgIpc) is 3.24. The van der Waals surface area contributed by atoms with Gasteiger partial charge in [-0.1, -0.05) is 194 Å². The molecule has 3 heteroatoms. The Kier molecular flexibility index (Phi) is 8.20. The van der Waals surface area contributed by atoms with Gasteiger partial charge in [-0.25, -0.2) is 15.0 Å². The minimum atomic E-state index is 0.627. The van der Waals surface area contributed by atoms with Gasteiger partial charge in [-0.05, 0) is 55.8 Å². The summed E-state index contributed by atoms with van der Waals surface area (Å²) in [6.07, 6.45) is 0. The van der Waals surface area contributed by atoms with Crippen LogP contribution < -0.4 is 0 Å². The van der Waals surface area contributed by atoms with Crippen LogP contribution in [0.4, 0.5) is 0 Å². The second-order valence-corrected chi connectivity index (χ2v) is 12.8. The number of hydrogen-bond donors (Lipinski definition) is 0. The molecule has 0 saturated heterocycles. The maximum absolute atomic E-state index is 5.22. The molecule has 0 fully saturated rings. The average molecular weight is 664 g/mol. The molecule has 9 rings (SSSR count). The first kappa shape index (κ1) is 31.0. The van der Waals surface area contributed by atoms with Gasteiger partial charge >= 0.3 is 0 Å². The fourth-order valence-corrected chi connectivity index (χ4v) is 6.89. The molecule has 0 aliphatic rings. The highest BCUT2D eigenvalue weighted by atomic mass is 15.0. The third kappa shape index (κ3) is 6.17. The standard InChI is InChI=1S/C49H33N3/c1-4-13-34(14-5-1)37-23-28-39(29-24-37)44-21-12-22-45(46(44)43-32-27-36-17-10-11-20-42(36)33-43)49-51-47(40-18-8-3-9-19-40)50-48(52-49)41-30-25-38(26-31-41)35-15-6-2-7-16-35/h1-33H. The summed E-state index contributed by atoms with van der Waals surface area (Å²) in [5.74, 6) is 1.89. The topological polar surface area (TPSA) is 38.7 Å². The van der Waals surface area contributed by atoms with Crippen molar-refractivity contribution in [1.29, 1.82) is 0 Å². The van der Waals surface area contributed by atoms with E-state index in [9.17, 15) is 0 Å². The van der Waals surface area contributed by atoms with Crippen LogP contribution in [0.15, 0.2) is 200 Å². The van der Waals surface area contributed by atoms with Gasteiger partial charge < -0.3 is 0 Å². The number of fused-ring (bicyclic) bond motifs is 1. The van der Waals surface area contributed by atoms with Crippen LogP contribution in [0, 0.1) is 0 Å². The van der Waals surface area contributed by atoms with E-state index in [1.807, 2.05) is 24.3 Å². The van der Waals surface area contributed by atoms with Crippen molar-refractivity contribution in [3.63, 3.8) is 0 Å². The van der Waals surface area contributed by atoms with Crippen LogP contribution in [0.5, 0.6) is 0 Å². The molecule has 0 atom stereocenters. The lowest BCUT2D eigenvalue weighted by Crippen LogP contribution is -2.02. The Bertz CT molecular complexity index is 2630. The highest BCUT2D eigenvalue weighted by Gasteiger charge is 2.19. The van der Waals surface area contributed by atoms with Gasteiger partial charge in [-0.15, -0.1) is 0 Å². The zero-order valence-electron chi connectivity index (χ0n) is 28.4. The molecule has 0 spiro atoms. The van der Waals surface area contributed by atoms with Crippen LogP contribution in [-0.4, -0.2) is 15.0 Å². The Hall–Kier alpha value is -6.97. The first-order valence-electron chi connectivity index (χ1n) is 17.5. The van der Waals surface area contributed by atoms with Crippen molar-refractivity contribution in [2.24, 2.45) is 0 Å². The van der Waals surface area contributed by atoms with Gasteiger partial charge in [0.15, 0.2) is 17.5 Å². The molecule has 3 nitrogen and oxygen atoms in total. The number of hydrogen-bond acceptors (Lipinski definition) is 3. The smallest absolute Gasteiger partial charge is 0.164 e. The number of aromatic nitrogens is 3. The number of rotatable bonds is 7. The molecule has 0 aliphatic heterocycles. The SMILES string of the molecule is c1ccc(-c2ccc(-c3nc(-c4ccccc4)nc(-c4cccc(-c5ccc(-c6ccccc6)cc5)c4-c4ccc5ccccc5c4)n3)cc2)cc1. The molecule has 0 saturated carbocycles. The minimum absolute atomic E-state index is 0.627. The monoisotopic (exact) mass is 663 g/mol. The van der Waals surface area contributed by atoms with Crippen molar-refractivity contribution in [2.45, 2.75) is 0 Å². The largest absolute Gasteiger partial charge is 0.208 e. The van der Waals surface area contributed by atoms with E-state index in [0.717, 1.165) is 44.5 Å². The second-order valence-electron chi connectivity index (χ2n) is 12.8. The van der Waals surface area contributed by atoms with E-state index >= 15 is 0 Å². The molecule has 0 amide bonds. The predicted octanol–water partition coefficient (Wildman–Crippen LogP) is 12.7. The molecule has 0 radical (unpaired) electrons. The van der Waals surface area contributed by atoms with Gasteiger partial charge in [-0.2, -0.15) is 0 Å². The molecule has 0 aliphatic carbocycles. The first-order chi connectivity index (χ1) is 25.8. The quantitative estimate of drug-likeness (QED) is 0.170. The second kappa shape index (κ2) is 13.7. The summed E-state index contributed by atoms with van der Waals surface area (Å²) < 4.78 is 0. The molecule has 8 aromatic carbocycles.